The SMILES string of the molecule is O=S(=O)(c1cccc(F)c1)N1CCN(c2ncc(C(F)(F)F)s2)CC1. The second kappa shape index (κ2) is 6.54. The molecule has 0 saturated carbocycles. The highest BCUT2D eigenvalue weighted by Crippen LogP contribution is 2.36. The van der Waals surface area contributed by atoms with E-state index in [-0.39, 0.29) is 36.2 Å². The van der Waals surface area contributed by atoms with Gasteiger partial charge in [-0.05, 0) is 18.2 Å². The van der Waals surface area contributed by atoms with Gasteiger partial charge < -0.3 is 4.90 Å². The van der Waals surface area contributed by atoms with E-state index in [1.54, 1.807) is 4.90 Å². The van der Waals surface area contributed by atoms with Gasteiger partial charge in [-0.3, -0.25) is 0 Å². The molecule has 3 rings (SSSR count). The van der Waals surface area contributed by atoms with Crippen molar-refractivity contribution in [2.24, 2.45) is 0 Å². The standard InChI is InChI=1S/C14H13F4N3O2S2/c15-10-2-1-3-11(8-10)25(22,23)21-6-4-20(5-7-21)13-19-9-12(24-13)14(16,17)18/h1-3,8-9H,4-7H2. The number of hydrogen-bond acceptors (Lipinski definition) is 5. The summed E-state index contributed by atoms with van der Waals surface area (Å²) in [6.45, 7) is 0.582. The van der Waals surface area contributed by atoms with Crippen LogP contribution in [-0.4, -0.2) is 43.9 Å². The molecule has 2 aromatic rings. The van der Waals surface area contributed by atoms with Crippen molar-refractivity contribution in [3.63, 3.8) is 0 Å². The summed E-state index contributed by atoms with van der Waals surface area (Å²) in [5.41, 5.74) is 0. The molecule has 0 amide bonds. The van der Waals surface area contributed by atoms with Gasteiger partial charge in [0, 0.05) is 26.2 Å². The second-order valence-electron chi connectivity index (χ2n) is 5.35. The van der Waals surface area contributed by atoms with Crippen LogP contribution in [0.1, 0.15) is 4.88 Å². The van der Waals surface area contributed by atoms with Crippen LogP contribution in [0.25, 0.3) is 0 Å². The van der Waals surface area contributed by atoms with Crippen LogP contribution in [0.5, 0.6) is 0 Å². The van der Waals surface area contributed by atoms with Gasteiger partial charge in [0.05, 0.1) is 11.1 Å². The third kappa shape index (κ3) is 3.77. The number of hydrogen-bond donors (Lipinski definition) is 0. The summed E-state index contributed by atoms with van der Waals surface area (Å²) in [7, 11) is -3.84. The molecule has 5 nitrogen and oxygen atoms in total. The van der Waals surface area contributed by atoms with E-state index in [1.165, 1.54) is 16.4 Å². The van der Waals surface area contributed by atoms with Crippen LogP contribution < -0.4 is 4.90 Å². The average molecular weight is 395 g/mol. The summed E-state index contributed by atoms with van der Waals surface area (Å²) >= 11 is 0.526. The third-order valence-corrected chi connectivity index (χ3v) is 6.71. The van der Waals surface area contributed by atoms with E-state index >= 15 is 0 Å². The molecule has 1 aromatic carbocycles. The Morgan fingerprint density at radius 3 is 2.36 bits per heavy atom. The summed E-state index contributed by atoms with van der Waals surface area (Å²) in [6.07, 6.45) is -3.67. The number of aromatic nitrogens is 1. The highest BCUT2D eigenvalue weighted by atomic mass is 32.2. The van der Waals surface area contributed by atoms with Crippen molar-refractivity contribution < 1.29 is 26.0 Å². The van der Waals surface area contributed by atoms with Crippen LogP contribution in [0, 0.1) is 5.82 Å². The van der Waals surface area contributed by atoms with Crippen molar-refractivity contribution in [3.05, 3.63) is 41.2 Å². The van der Waals surface area contributed by atoms with E-state index in [0.717, 1.165) is 18.3 Å². The Bertz CT molecular complexity index is 859. The highest BCUT2D eigenvalue weighted by molar-refractivity contribution is 7.89. The normalized spacial score (nSPS) is 17.0. The monoisotopic (exact) mass is 395 g/mol. The Morgan fingerprint density at radius 1 is 1.12 bits per heavy atom. The molecule has 2 heterocycles. The summed E-state index contributed by atoms with van der Waals surface area (Å²) in [5.74, 6) is -0.651. The molecule has 1 aromatic heterocycles. The highest BCUT2D eigenvalue weighted by Gasteiger charge is 2.35. The number of benzene rings is 1. The molecule has 1 aliphatic heterocycles. The number of rotatable bonds is 3. The summed E-state index contributed by atoms with van der Waals surface area (Å²) in [5, 5.41) is 0.204. The first-order chi connectivity index (χ1) is 11.7. The van der Waals surface area contributed by atoms with Crippen molar-refractivity contribution in [1.29, 1.82) is 0 Å². The van der Waals surface area contributed by atoms with Gasteiger partial charge in [0.1, 0.15) is 10.7 Å². The predicted octanol–water partition coefficient (Wildman–Crippen LogP) is 2.81. The minimum Gasteiger partial charge on any atom is -0.345 e. The van der Waals surface area contributed by atoms with Crippen molar-refractivity contribution in [1.82, 2.24) is 9.29 Å². The Hall–Kier alpha value is -1.72. The number of halogens is 4. The van der Waals surface area contributed by atoms with Gasteiger partial charge in [0.2, 0.25) is 10.0 Å². The Morgan fingerprint density at radius 2 is 1.80 bits per heavy atom. The summed E-state index contributed by atoms with van der Waals surface area (Å²) in [4.78, 5) is 4.44. The van der Waals surface area contributed by atoms with E-state index in [9.17, 15) is 26.0 Å². The molecule has 0 bridgehead atoms. The maximum Gasteiger partial charge on any atom is 0.427 e. The van der Waals surface area contributed by atoms with E-state index in [0.29, 0.717) is 11.3 Å². The molecule has 0 aliphatic carbocycles. The van der Waals surface area contributed by atoms with Gasteiger partial charge in [-0.15, -0.1) is 0 Å². The van der Waals surface area contributed by atoms with Gasteiger partial charge in [0.25, 0.3) is 0 Å². The number of alkyl halides is 3. The van der Waals surface area contributed by atoms with E-state index in [2.05, 4.69) is 4.98 Å². The van der Waals surface area contributed by atoms with E-state index in [1.807, 2.05) is 0 Å². The zero-order chi connectivity index (χ0) is 18.2. The fourth-order valence-corrected chi connectivity index (χ4v) is 4.73. The van der Waals surface area contributed by atoms with Crippen molar-refractivity contribution in [3.8, 4) is 0 Å². The largest absolute Gasteiger partial charge is 0.427 e. The van der Waals surface area contributed by atoms with Crippen molar-refractivity contribution in [2.75, 3.05) is 31.1 Å². The number of piperazine rings is 1. The van der Waals surface area contributed by atoms with Gasteiger partial charge in [-0.2, -0.15) is 17.5 Å². The zero-order valence-corrected chi connectivity index (χ0v) is 14.3. The van der Waals surface area contributed by atoms with Gasteiger partial charge in [-0.1, -0.05) is 17.4 Å². The molecule has 0 spiro atoms. The lowest BCUT2D eigenvalue weighted by Crippen LogP contribution is -2.48. The lowest BCUT2D eigenvalue weighted by molar-refractivity contribution is -0.134. The van der Waals surface area contributed by atoms with Gasteiger partial charge >= 0.3 is 6.18 Å². The molecule has 0 N–H and O–H groups in total. The van der Waals surface area contributed by atoms with Gasteiger partial charge in [0.15, 0.2) is 5.13 Å². The first-order valence-corrected chi connectivity index (χ1v) is 9.47. The number of anilines is 1. The first kappa shape index (κ1) is 18.1. The molecule has 0 unspecified atom stereocenters. The Kier molecular flexibility index (Phi) is 4.73. The van der Waals surface area contributed by atoms with Crippen LogP contribution in [-0.2, 0) is 16.2 Å². The minimum absolute atomic E-state index is 0.0831. The maximum atomic E-state index is 13.3. The molecule has 0 atom stereocenters. The molecule has 1 aliphatic rings. The van der Waals surface area contributed by atoms with Crippen LogP contribution in [0.4, 0.5) is 22.7 Å². The van der Waals surface area contributed by atoms with Crippen LogP contribution in [0.3, 0.4) is 0 Å². The topological polar surface area (TPSA) is 53.5 Å². The maximum absolute atomic E-state index is 13.3. The predicted molar refractivity (Wildman–Crippen MR) is 84.5 cm³/mol. The lowest BCUT2D eigenvalue weighted by atomic mass is 10.4. The average Bonchev–Trinajstić information content (AvgIpc) is 3.05. The van der Waals surface area contributed by atoms with Crippen molar-refractivity contribution >= 4 is 26.5 Å². The fraction of sp³-hybridized carbons (Fsp3) is 0.357. The molecule has 136 valence electrons. The Balaban J connectivity index is 1.70. The fourth-order valence-electron chi connectivity index (χ4n) is 2.44. The molecule has 1 saturated heterocycles. The van der Waals surface area contributed by atoms with Crippen molar-refractivity contribution in [2.45, 2.75) is 11.1 Å². The van der Waals surface area contributed by atoms with Crippen LogP contribution in [0.2, 0.25) is 0 Å². The zero-order valence-electron chi connectivity index (χ0n) is 12.7. The van der Waals surface area contributed by atoms with Crippen LogP contribution in [0.15, 0.2) is 35.4 Å². The minimum atomic E-state index is -4.45. The molecular formula is C14H13F4N3O2S2. The lowest BCUT2D eigenvalue weighted by Gasteiger charge is -2.33. The molecule has 0 radical (unpaired) electrons. The molecular weight excluding hydrogens is 382 g/mol. The van der Waals surface area contributed by atoms with E-state index in [4.69, 9.17) is 0 Å². The summed E-state index contributed by atoms with van der Waals surface area (Å²) in [6, 6.07) is 4.71. The molecule has 1 fully saturated rings. The quantitative estimate of drug-likeness (QED) is 0.750. The number of sulfonamides is 1. The van der Waals surface area contributed by atoms with Crippen LogP contribution >= 0.6 is 11.3 Å². The van der Waals surface area contributed by atoms with Gasteiger partial charge in [-0.25, -0.2) is 17.8 Å². The Labute approximate surface area is 145 Å². The number of thiazole rings is 1. The second-order valence-corrected chi connectivity index (χ2v) is 8.30. The summed E-state index contributed by atoms with van der Waals surface area (Å²) < 4.78 is 77.4. The smallest absolute Gasteiger partial charge is 0.345 e. The third-order valence-electron chi connectivity index (χ3n) is 3.72. The first-order valence-electron chi connectivity index (χ1n) is 7.21. The van der Waals surface area contributed by atoms with E-state index < -0.39 is 26.9 Å². The number of nitrogens with zero attached hydrogens (tertiary/aromatic N) is 3. The molecule has 11 heteroatoms. The molecule has 25 heavy (non-hydrogen) atoms.